The summed E-state index contributed by atoms with van der Waals surface area (Å²) in [6.45, 7) is 0. The zero-order valence-electron chi connectivity index (χ0n) is 11.5. The highest BCUT2D eigenvalue weighted by molar-refractivity contribution is 9.10. The summed E-state index contributed by atoms with van der Waals surface area (Å²) < 4.78 is 1.00. The van der Waals surface area contributed by atoms with Gasteiger partial charge in [-0.1, -0.05) is 22.0 Å². The minimum Gasteiger partial charge on any atom is -0.351 e. The maximum atomic E-state index is 11.9. The van der Waals surface area contributed by atoms with Gasteiger partial charge in [0.1, 0.15) is 0 Å². The Kier molecular flexibility index (Phi) is 5.85. The van der Waals surface area contributed by atoms with E-state index in [9.17, 15) is 9.59 Å². The van der Waals surface area contributed by atoms with E-state index < -0.39 is 6.03 Å². The zero-order valence-corrected chi connectivity index (χ0v) is 13.9. The number of carbonyl (C=O) groups is 2. The summed E-state index contributed by atoms with van der Waals surface area (Å²) in [6.07, 6.45) is 0. The molecule has 2 aromatic carbocycles. The number of benzene rings is 2. The second-order valence-electron chi connectivity index (χ2n) is 4.36. The van der Waals surface area contributed by atoms with Gasteiger partial charge >= 0.3 is 6.03 Å². The summed E-state index contributed by atoms with van der Waals surface area (Å²) in [4.78, 5) is 23.8. The molecule has 0 saturated heterocycles. The Morgan fingerprint density at radius 1 is 1.05 bits per heavy atom. The van der Waals surface area contributed by atoms with E-state index in [0.717, 1.165) is 9.37 Å². The monoisotopic (exact) mass is 379 g/mol. The number of nitrogens with one attached hydrogen (secondary N) is 2. The topological polar surface area (TPSA) is 84.2 Å². The minimum absolute atomic E-state index is 0.121. The number of halogens is 1. The van der Waals surface area contributed by atoms with E-state index in [2.05, 4.69) is 26.6 Å². The van der Waals surface area contributed by atoms with E-state index in [0.29, 0.717) is 17.1 Å². The molecule has 0 bridgehead atoms. The number of nitrogens with two attached hydrogens (primary N) is 1. The summed E-state index contributed by atoms with van der Waals surface area (Å²) in [5, 5.41) is 5.24. The molecule has 0 spiro atoms. The molecule has 0 aliphatic rings. The van der Waals surface area contributed by atoms with Gasteiger partial charge in [-0.25, -0.2) is 4.79 Å². The van der Waals surface area contributed by atoms with E-state index >= 15 is 0 Å². The molecule has 0 aliphatic carbocycles. The van der Waals surface area contributed by atoms with Crippen LogP contribution in [0.1, 0.15) is 0 Å². The second kappa shape index (κ2) is 7.86. The van der Waals surface area contributed by atoms with Crippen LogP contribution in [0.15, 0.2) is 57.9 Å². The summed E-state index contributed by atoms with van der Waals surface area (Å²) >= 11 is 4.81. The van der Waals surface area contributed by atoms with Crippen molar-refractivity contribution in [3.8, 4) is 0 Å². The van der Waals surface area contributed by atoms with Crippen LogP contribution in [0.3, 0.4) is 0 Å². The molecule has 0 aromatic heterocycles. The maximum absolute atomic E-state index is 11.9. The number of urea groups is 1. The molecule has 0 aliphatic heterocycles. The molecule has 2 aromatic rings. The largest absolute Gasteiger partial charge is 0.351 e. The Morgan fingerprint density at radius 2 is 1.68 bits per heavy atom. The summed E-state index contributed by atoms with van der Waals surface area (Å²) in [5.41, 5.74) is 6.19. The predicted octanol–water partition coefficient (Wildman–Crippen LogP) is 3.67. The minimum atomic E-state index is -0.644. The van der Waals surface area contributed by atoms with Crippen molar-refractivity contribution < 1.29 is 9.59 Å². The molecular weight excluding hydrogens is 366 g/mol. The van der Waals surface area contributed by atoms with Gasteiger partial charge in [0, 0.05) is 20.7 Å². The lowest BCUT2D eigenvalue weighted by Gasteiger charge is -2.07. The number of primary amides is 1. The van der Waals surface area contributed by atoms with Crippen molar-refractivity contribution in [1.29, 1.82) is 0 Å². The molecular formula is C15H14BrN3O2S. The fourth-order valence-corrected chi connectivity index (χ4v) is 2.66. The molecule has 0 heterocycles. The Hall–Kier alpha value is -1.99. The highest BCUT2D eigenvalue weighted by atomic mass is 79.9. The predicted molar refractivity (Wildman–Crippen MR) is 93.1 cm³/mol. The van der Waals surface area contributed by atoms with Gasteiger partial charge in [-0.2, -0.15) is 0 Å². The van der Waals surface area contributed by atoms with E-state index in [1.54, 1.807) is 24.3 Å². The first-order chi connectivity index (χ1) is 10.5. The quantitative estimate of drug-likeness (QED) is 0.692. The molecule has 0 saturated carbocycles. The van der Waals surface area contributed by atoms with Crippen LogP contribution in [0.4, 0.5) is 16.2 Å². The average Bonchev–Trinajstić information content (AvgIpc) is 2.46. The number of carbonyl (C=O) groups excluding carboxylic acids is 2. The number of hydrogen-bond acceptors (Lipinski definition) is 3. The third-order valence-electron chi connectivity index (χ3n) is 2.60. The number of thioether (sulfide) groups is 1. The van der Waals surface area contributed by atoms with Crippen molar-refractivity contribution in [3.63, 3.8) is 0 Å². The van der Waals surface area contributed by atoms with Crippen LogP contribution in [0.2, 0.25) is 0 Å². The van der Waals surface area contributed by atoms with Crippen LogP contribution in [0.5, 0.6) is 0 Å². The molecule has 2 rings (SSSR count). The van der Waals surface area contributed by atoms with E-state index in [4.69, 9.17) is 5.73 Å². The van der Waals surface area contributed by atoms with Gasteiger partial charge < -0.3 is 16.4 Å². The number of amides is 3. The average molecular weight is 380 g/mol. The molecule has 5 nitrogen and oxygen atoms in total. The van der Waals surface area contributed by atoms with Gasteiger partial charge in [0.15, 0.2) is 0 Å². The van der Waals surface area contributed by atoms with E-state index in [-0.39, 0.29) is 5.91 Å². The van der Waals surface area contributed by atoms with Crippen LogP contribution in [-0.4, -0.2) is 17.7 Å². The molecule has 3 amide bonds. The van der Waals surface area contributed by atoms with Crippen LogP contribution in [0.25, 0.3) is 0 Å². The van der Waals surface area contributed by atoms with Gasteiger partial charge in [0.2, 0.25) is 5.91 Å². The molecule has 22 heavy (non-hydrogen) atoms. The van der Waals surface area contributed by atoms with Crippen molar-refractivity contribution in [2.24, 2.45) is 5.73 Å². The van der Waals surface area contributed by atoms with Gasteiger partial charge in [0.25, 0.3) is 0 Å². The van der Waals surface area contributed by atoms with Crippen LogP contribution < -0.4 is 16.4 Å². The normalized spacial score (nSPS) is 10.0. The van der Waals surface area contributed by atoms with Crippen molar-refractivity contribution >= 4 is 51.0 Å². The first-order valence-electron chi connectivity index (χ1n) is 6.37. The highest BCUT2D eigenvalue weighted by Gasteiger charge is 2.05. The van der Waals surface area contributed by atoms with E-state index in [1.807, 2.05) is 24.3 Å². The Balaban J connectivity index is 1.89. The zero-order chi connectivity index (χ0) is 15.9. The fraction of sp³-hybridized carbons (Fsp3) is 0.0667. The van der Waals surface area contributed by atoms with Crippen molar-refractivity contribution in [3.05, 3.63) is 53.0 Å². The molecule has 0 atom stereocenters. The summed E-state index contributed by atoms with van der Waals surface area (Å²) in [5.74, 6) is 0.180. The lowest BCUT2D eigenvalue weighted by molar-refractivity contribution is -0.113. The number of hydrogen-bond donors (Lipinski definition) is 3. The first kappa shape index (κ1) is 16.4. The molecule has 0 unspecified atom stereocenters. The van der Waals surface area contributed by atoms with Crippen LogP contribution in [0, 0.1) is 0 Å². The standard InChI is InChI=1S/C15H14BrN3O2S/c16-10-4-6-13(7-5-10)22-9-14(20)18-11-2-1-3-12(8-11)19-15(17)21/h1-8H,9H2,(H,18,20)(H3,17,19,21). The maximum Gasteiger partial charge on any atom is 0.316 e. The van der Waals surface area contributed by atoms with Crippen molar-refractivity contribution in [2.45, 2.75) is 4.90 Å². The van der Waals surface area contributed by atoms with Gasteiger partial charge in [-0.3, -0.25) is 4.79 Å². The number of anilines is 2. The van der Waals surface area contributed by atoms with Crippen molar-refractivity contribution in [2.75, 3.05) is 16.4 Å². The summed E-state index contributed by atoms with van der Waals surface area (Å²) in [7, 11) is 0. The Bertz CT molecular complexity index is 677. The fourth-order valence-electron chi connectivity index (χ4n) is 1.69. The Labute approximate surface area is 140 Å². The number of rotatable bonds is 5. The molecule has 0 fully saturated rings. The Morgan fingerprint density at radius 3 is 2.32 bits per heavy atom. The molecule has 4 N–H and O–H groups in total. The van der Waals surface area contributed by atoms with Gasteiger partial charge in [-0.05, 0) is 42.5 Å². The smallest absolute Gasteiger partial charge is 0.316 e. The van der Waals surface area contributed by atoms with Crippen molar-refractivity contribution in [1.82, 2.24) is 0 Å². The van der Waals surface area contributed by atoms with Gasteiger partial charge in [-0.15, -0.1) is 11.8 Å². The molecule has 7 heteroatoms. The molecule has 114 valence electrons. The summed E-state index contributed by atoms with van der Waals surface area (Å²) in [6, 6.07) is 13.9. The SMILES string of the molecule is NC(=O)Nc1cccc(NC(=O)CSc2ccc(Br)cc2)c1. The first-order valence-corrected chi connectivity index (χ1v) is 8.15. The van der Waals surface area contributed by atoms with Crippen LogP contribution >= 0.6 is 27.7 Å². The van der Waals surface area contributed by atoms with Gasteiger partial charge in [0.05, 0.1) is 5.75 Å². The highest BCUT2D eigenvalue weighted by Crippen LogP contribution is 2.21. The third kappa shape index (κ3) is 5.42. The third-order valence-corrected chi connectivity index (χ3v) is 4.14. The lowest BCUT2D eigenvalue weighted by atomic mass is 10.3. The second-order valence-corrected chi connectivity index (χ2v) is 6.33. The van der Waals surface area contributed by atoms with E-state index in [1.165, 1.54) is 11.8 Å². The lowest BCUT2D eigenvalue weighted by Crippen LogP contribution is -2.19. The van der Waals surface area contributed by atoms with Crippen LogP contribution in [-0.2, 0) is 4.79 Å². The molecule has 0 radical (unpaired) electrons.